The fourth-order valence-electron chi connectivity index (χ4n) is 2.25. The van der Waals surface area contributed by atoms with Crippen LogP contribution in [0.3, 0.4) is 0 Å². The van der Waals surface area contributed by atoms with Crippen molar-refractivity contribution < 1.29 is 9.90 Å². The summed E-state index contributed by atoms with van der Waals surface area (Å²) >= 11 is 0. The highest BCUT2D eigenvalue weighted by atomic mass is 16.4. The molecule has 0 aliphatic heterocycles. The number of hydrogen-bond acceptors (Lipinski definition) is 4. The molecule has 0 saturated heterocycles. The summed E-state index contributed by atoms with van der Waals surface area (Å²) < 4.78 is 1.69. The van der Waals surface area contributed by atoms with Crippen molar-refractivity contribution in [3.05, 3.63) is 5.82 Å². The predicted octanol–water partition coefficient (Wildman–Crippen LogP) is 0.504. The normalized spacial score (nSPS) is 25.3. The minimum Gasteiger partial charge on any atom is -0.465 e. The summed E-state index contributed by atoms with van der Waals surface area (Å²) in [6.45, 7) is 0. The van der Waals surface area contributed by atoms with E-state index in [-0.39, 0.29) is 6.04 Å². The van der Waals surface area contributed by atoms with Crippen molar-refractivity contribution in [2.45, 2.75) is 37.6 Å². The Kier molecular flexibility index (Phi) is 3.02. The molecule has 2 rings (SSSR count). The van der Waals surface area contributed by atoms with Gasteiger partial charge >= 0.3 is 6.09 Å². The highest BCUT2D eigenvalue weighted by Gasteiger charge is 2.26. The van der Waals surface area contributed by atoms with E-state index in [0.717, 1.165) is 31.5 Å². The molecule has 7 nitrogen and oxygen atoms in total. The van der Waals surface area contributed by atoms with Gasteiger partial charge in [0.25, 0.3) is 0 Å². The highest BCUT2D eigenvalue weighted by Crippen LogP contribution is 2.30. The maximum absolute atomic E-state index is 10.5. The van der Waals surface area contributed by atoms with Crippen molar-refractivity contribution >= 4 is 6.09 Å². The topological polar surface area (TPSA) is 92.9 Å². The average molecular weight is 225 g/mol. The Morgan fingerprint density at radius 1 is 1.44 bits per heavy atom. The number of rotatable bonds is 2. The number of aryl methyl sites for hydroxylation is 1. The maximum Gasteiger partial charge on any atom is 0.404 e. The third kappa shape index (κ3) is 2.29. The third-order valence-corrected chi connectivity index (χ3v) is 3.07. The van der Waals surface area contributed by atoms with Gasteiger partial charge in [-0.2, -0.15) is 0 Å². The fraction of sp³-hybridized carbons (Fsp3) is 0.778. The number of amides is 1. The summed E-state index contributed by atoms with van der Waals surface area (Å²) in [6.07, 6.45) is 2.62. The number of carboxylic acid groups (broad SMARTS) is 1. The Labute approximate surface area is 92.8 Å². The van der Waals surface area contributed by atoms with Crippen LogP contribution >= 0.6 is 0 Å². The Morgan fingerprint density at radius 2 is 2.12 bits per heavy atom. The van der Waals surface area contributed by atoms with Crippen LogP contribution in [0.15, 0.2) is 0 Å². The molecule has 1 aromatic heterocycles. The lowest BCUT2D eigenvalue weighted by molar-refractivity contribution is 0.184. The van der Waals surface area contributed by atoms with Gasteiger partial charge in [-0.3, -0.25) is 0 Å². The zero-order valence-electron chi connectivity index (χ0n) is 9.13. The molecular weight excluding hydrogens is 210 g/mol. The van der Waals surface area contributed by atoms with Gasteiger partial charge in [-0.1, -0.05) is 0 Å². The van der Waals surface area contributed by atoms with Crippen LogP contribution in [0.25, 0.3) is 0 Å². The second-order valence-corrected chi connectivity index (χ2v) is 4.16. The number of nitrogens with zero attached hydrogens (tertiary/aromatic N) is 4. The quantitative estimate of drug-likeness (QED) is 0.764. The largest absolute Gasteiger partial charge is 0.465 e. The first-order valence-electron chi connectivity index (χ1n) is 5.38. The van der Waals surface area contributed by atoms with E-state index in [1.165, 1.54) is 0 Å². The van der Waals surface area contributed by atoms with Crippen LogP contribution in [0, 0.1) is 0 Å². The molecule has 88 valence electrons. The molecule has 1 aliphatic carbocycles. The standard InChI is InChI=1S/C9H15N5O2/c1-14-8(11-12-13-14)6-2-4-7(5-3-6)10-9(15)16/h6-7,10H,2-5H2,1H3,(H,15,16)/t6-,7-. The van der Waals surface area contributed by atoms with Gasteiger partial charge in [0.15, 0.2) is 5.82 Å². The second-order valence-electron chi connectivity index (χ2n) is 4.16. The summed E-state index contributed by atoms with van der Waals surface area (Å²) in [6, 6.07) is 0.0786. The van der Waals surface area contributed by atoms with E-state index in [1.807, 2.05) is 7.05 Å². The smallest absolute Gasteiger partial charge is 0.404 e. The van der Waals surface area contributed by atoms with Gasteiger partial charge in [-0.25, -0.2) is 9.48 Å². The van der Waals surface area contributed by atoms with Crippen molar-refractivity contribution in [1.29, 1.82) is 0 Å². The third-order valence-electron chi connectivity index (χ3n) is 3.07. The molecule has 0 spiro atoms. The summed E-state index contributed by atoms with van der Waals surface area (Å²) in [4.78, 5) is 10.5. The van der Waals surface area contributed by atoms with E-state index >= 15 is 0 Å². The second kappa shape index (κ2) is 4.46. The van der Waals surface area contributed by atoms with Crippen molar-refractivity contribution in [2.24, 2.45) is 7.05 Å². The van der Waals surface area contributed by atoms with Crippen LogP contribution < -0.4 is 5.32 Å². The molecular formula is C9H15N5O2. The fourth-order valence-corrected chi connectivity index (χ4v) is 2.25. The van der Waals surface area contributed by atoms with E-state index in [4.69, 9.17) is 5.11 Å². The van der Waals surface area contributed by atoms with Crippen molar-refractivity contribution in [3.63, 3.8) is 0 Å². The molecule has 1 saturated carbocycles. The molecule has 1 fully saturated rings. The van der Waals surface area contributed by atoms with Crippen molar-refractivity contribution in [3.8, 4) is 0 Å². The lowest BCUT2D eigenvalue weighted by atomic mass is 9.85. The molecule has 2 N–H and O–H groups in total. The first-order chi connectivity index (χ1) is 7.66. The first-order valence-corrected chi connectivity index (χ1v) is 5.38. The summed E-state index contributed by atoms with van der Waals surface area (Å²) in [5.74, 6) is 1.25. The molecule has 1 aliphatic rings. The number of aromatic nitrogens is 4. The van der Waals surface area contributed by atoms with Crippen molar-refractivity contribution in [1.82, 2.24) is 25.5 Å². The van der Waals surface area contributed by atoms with Crippen LogP contribution in [0.5, 0.6) is 0 Å². The molecule has 0 aromatic carbocycles. The van der Waals surface area contributed by atoms with E-state index in [2.05, 4.69) is 20.8 Å². The molecule has 1 heterocycles. The molecule has 1 aromatic rings. The van der Waals surface area contributed by atoms with Gasteiger partial charge in [-0.05, 0) is 36.1 Å². The Balaban J connectivity index is 1.90. The van der Waals surface area contributed by atoms with Gasteiger partial charge in [-0.15, -0.1) is 5.10 Å². The van der Waals surface area contributed by atoms with E-state index in [9.17, 15) is 4.79 Å². The molecule has 1 amide bonds. The predicted molar refractivity (Wildman–Crippen MR) is 55.0 cm³/mol. The van der Waals surface area contributed by atoms with Crippen LogP contribution in [-0.2, 0) is 7.05 Å². The number of hydrogen-bond donors (Lipinski definition) is 2. The van der Waals surface area contributed by atoms with Gasteiger partial charge in [0.05, 0.1) is 0 Å². The summed E-state index contributed by atoms with van der Waals surface area (Å²) in [5.41, 5.74) is 0. The Morgan fingerprint density at radius 3 is 2.62 bits per heavy atom. The highest BCUT2D eigenvalue weighted by molar-refractivity contribution is 5.64. The van der Waals surface area contributed by atoms with Gasteiger partial charge in [0.2, 0.25) is 0 Å². The minimum absolute atomic E-state index is 0.0786. The Hall–Kier alpha value is -1.66. The lowest BCUT2D eigenvalue weighted by Crippen LogP contribution is -2.36. The zero-order valence-corrected chi connectivity index (χ0v) is 9.13. The zero-order chi connectivity index (χ0) is 11.5. The monoisotopic (exact) mass is 225 g/mol. The Bertz CT molecular complexity index is 370. The van der Waals surface area contributed by atoms with Crippen LogP contribution in [-0.4, -0.2) is 37.4 Å². The van der Waals surface area contributed by atoms with Crippen molar-refractivity contribution in [2.75, 3.05) is 0 Å². The van der Waals surface area contributed by atoms with Gasteiger partial charge in [0.1, 0.15) is 0 Å². The average Bonchev–Trinajstić information content (AvgIpc) is 2.65. The van der Waals surface area contributed by atoms with E-state index in [1.54, 1.807) is 4.68 Å². The number of carbonyl (C=O) groups is 1. The van der Waals surface area contributed by atoms with Crippen LogP contribution in [0.2, 0.25) is 0 Å². The number of nitrogens with one attached hydrogen (secondary N) is 1. The molecule has 7 heteroatoms. The van der Waals surface area contributed by atoms with Gasteiger partial charge in [0, 0.05) is 19.0 Å². The SMILES string of the molecule is Cn1nnnc1[C@H]1CC[C@H](NC(=O)O)CC1. The van der Waals surface area contributed by atoms with Crippen LogP contribution in [0.4, 0.5) is 4.79 Å². The summed E-state index contributed by atoms with van der Waals surface area (Å²) in [7, 11) is 1.83. The van der Waals surface area contributed by atoms with E-state index in [0.29, 0.717) is 5.92 Å². The first kappa shape index (κ1) is 10.8. The molecule has 0 bridgehead atoms. The molecule has 0 unspecified atom stereocenters. The van der Waals surface area contributed by atoms with E-state index < -0.39 is 6.09 Å². The number of tetrazole rings is 1. The lowest BCUT2D eigenvalue weighted by Gasteiger charge is -2.27. The molecule has 0 radical (unpaired) electrons. The molecule has 16 heavy (non-hydrogen) atoms. The van der Waals surface area contributed by atoms with Crippen LogP contribution in [0.1, 0.15) is 37.4 Å². The molecule has 0 atom stereocenters. The van der Waals surface area contributed by atoms with Gasteiger partial charge < -0.3 is 10.4 Å². The maximum atomic E-state index is 10.5. The minimum atomic E-state index is -0.941. The summed E-state index contributed by atoms with van der Waals surface area (Å²) in [5, 5.41) is 22.5.